The van der Waals surface area contributed by atoms with Gasteiger partial charge in [0.2, 0.25) is 0 Å². The molecule has 0 fully saturated rings. The first-order valence-electron chi connectivity index (χ1n) is 3.70. The van der Waals surface area contributed by atoms with Gasteiger partial charge in [-0.15, -0.1) is 0 Å². The molecule has 0 aliphatic carbocycles. The molecule has 0 aliphatic heterocycles. The maximum Gasteiger partial charge on any atom is 0.184 e. The van der Waals surface area contributed by atoms with Crippen molar-refractivity contribution >= 4 is 23.5 Å². The summed E-state index contributed by atoms with van der Waals surface area (Å²) in [6, 6.07) is 4.53. The Morgan fingerprint density at radius 1 is 1.50 bits per heavy atom. The molecule has 5 nitrogen and oxygen atoms in total. The lowest BCUT2D eigenvalue weighted by Crippen LogP contribution is -2.23. The number of phenolic OH excluding ortho intramolecular Hbond substituents is 2. The monoisotopic (exact) mass is 211 g/mol. The largest absolute Gasteiger partial charge is 0.504 e. The standard InChI is InChI=1S/C8H9N3O2S/c9-8(14)11-10-4-5-2-1-3-6(12)7(5)13/h1-4,12-13H,(H3,9,11,14)/b10-4+. The van der Waals surface area contributed by atoms with Gasteiger partial charge in [0, 0.05) is 5.56 Å². The first kappa shape index (κ1) is 10.3. The van der Waals surface area contributed by atoms with E-state index >= 15 is 0 Å². The highest BCUT2D eigenvalue weighted by Crippen LogP contribution is 2.26. The van der Waals surface area contributed by atoms with Crippen LogP contribution in [0.1, 0.15) is 5.56 Å². The number of aromatic hydroxyl groups is 2. The number of hydrazone groups is 1. The molecule has 0 spiro atoms. The van der Waals surface area contributed by atoms with E-state index in [-0.39, 0.29) is 16.6 Å². The van der Waals surface area contributed by atoms with Crippen molar-refractivity contribution in [2.75, 3.05) is 0 Å². The molecule has 74 valence electrons. The minimum absolute atomic E-state index is 0.0286. The lowest BCUT2D eigenvalue weighted by Gasteiger charge is -2.00. The van der Waals surface area contributed by atoms with Crippen molar-refractivity contribution in [1.82, 2.24) is 5.43 Å². The van der Waals surface area contributed by atoms with Crippen LogP contribution in [0.2, 0.25) is 0 Å². The number of hydrogen-bond acceptors (Lipinski definition) is 4. The molecule has 0 heterocycles. The number of nitrogens with two attached hydrogens (primary N) is 1. The van der Waals surface area contributed by atoms with E-state index in [0.717, 1.165) is 0 Å². The minimum Gasteiger partial charge on any atom is -0.504 e. The summed E-state index contributed by atoms with van der Waals surface area (Å²) in [4.78, 5) is 0. The molecule has 0 saturated heterocycles. The number of thiocarbonyl (C=S) groups is 1. The molecule has 0 atom stereocenters. The quantitative estimate of drug-likeness (QED) is 0.244. The van der Waals surface area contributed by atoms with Gasteiger partial charge in [-0.2, -0.15) is 5.10 Å². The summed E-state index contributed by atoms with van der Waals surface area (Å²) in [7, 11) is 0. The van der Waals surface area contributed by atoms with E-state index < -0.39 is 0 Å². The Morgan fingerprint density at radius 2 is 2.21 bits per heavy atom. The van der Waals surface area contributed by atoms with Gasteiger partial charge in [-0.05, 0) is 24.4 Å². The third-order valence-corrected chi connectivity index (χ3v) is 1.52. The Kier molecular flexibility index (Phi) is 3.24. The fraction of sp³-hybridized carbons (Fsp3) is 0. The summed E-state index contributed by atoms with van der Waals surface area (Å²) in [6.45, 7) is 0. The predicted octanol–water partition coefficient (Wildman–Crippen LogP) is 0.265. The van der Waals surface area contributed by atoms with Crippen molar-refractivity contribution in [2.24, 2.45) is 10.8 Å². The molecular formula is C8H9N3O2S. The summed E-state index contributed by atoms with van der Waals surface area (Å²) < 4.78 is 0. The van der Waals surface area contributed by atoms with Gasteiger partial charge in [0.1, 0.15) is 0 Å². The number of para-hydroxylation sites is 1. The minimum atomic E-state index is -0.235. The number of phenols is 2. The molecule has 1 aromatic rings. The Balaban J connectivity index is 2.81. The van der Waals surface area contributed by atoms with Crippen LogP contribution in [0.3, 0.4) is 0 Å². The van der Waals surface area contributed by atoms with Crippen molar-refractivity contribution in [3.63, 3.8) is 0 Å². The van der Waals surface area contributed by atoms with Crippen LogP contribution in [-0.2, 0) is 0 Å². The second-order valence-electron chi connectivity index (χ2n) is 2.45. The lowest BCUT2D eigenvalue weighted by atomic mass is 10.2. The van der Waals surface area contributed by atoms with Crippen LogP contribution in [-0.4, -0.2) is 21.5 Å². The van der Waals surface area contributed by atoms with Crippen molar-refractivity contribution in [3.05, 3.63) is 23.8 Å². The summed E-state index contributed by atoms with van der Waals surface area (Å²) >= 11 is 4.51. The number of hydrogen-bond donors (Lipinski definition) is 4. The normalized spacial score (nSPS) is 10.3. The molecule has 0 bridgehead atoms. The molecule has 1 rings (SSSR count). The van der Waals surface area contributed by atoms with Gasteiger partial charge in [0.15, 0.2) is 16.6 Å². The average Bonchev–Trinajstić information content (AvgIpc) is 2.12. The predicted molar refractivity (Wildman–Crippen MR) is 57.3 cm³/mol. The Labute approximate surface area is 85.9 Å². The highest BCUT2D eigenvalue weighted by atomic mass is 32.1. The van der Waals surface area contributed by atoms with Gasteiger partial charge in [-0.3, -0.25) is 5.43 Å². The first-order valence-corrected chi connectivity index (χ1v) is 4.11. The fourth-order valence-electron chi connectivity index (χ4n) is 0.818. The molecule has 0 aromatic heterocycles. The van der Waals surface area contributed by atoms with Crippen LogP contribution in [0.25, 0.3) is 0 Å². The van der Waals surface area contributed by atoms with Gasteiger partial charge < -0.3 is 15.9 Å². The lowest BCUT2D eigenvalue weighted by molar-refractivity contribution is 0.403. The van der Waals surface area contributed by atoms with Crippen LogP contribution in [0, 0.1) is 0 Å². The molecule has 1 aromatic carbocycles. The molecule has 6 heteroatoms. The molecule has 14 heavy (non-hydrogen) atoms. The Morgan fingerprint density at radius 3 is 2.86 bits per heavy atom. The van der Waals surface area contributed by atoms with Crippen molar-refractivity contribution < 1.29 is 10.2 Å². The van der Waals surface area contributed by atoms with Crippen LogP contribution in [0.4, 0.5) is 0 Å². The van der Waals surface area contributed by atoms with E-state index in [2.05, 4.69) is 22.7 Å². The van der Waals surface area contributed by atoms with Gasteiger partial charge in [0.25, 0.3) is 0 Å². The molecule has 0 amide bonds. The zero-order valence-corrected chi connectivity index (χ0v) is 7.95. The van der Waals surface area contributed by atoms with Gasteiger partial charge in [-0.25, -0.2) is 0 Å². The fourth-order valence-corrected chi connectivity index (χ4v) is 0.871. The zero-order chi connectivity index (χ0) is 10.6. The molecule has 0 saturated carbocycles. The number of benzene rings is 1. The highest BCUT2D eigenvalue weighted by Gasteiger charge is 2.02. The van der Waals surface area contributed by atoms with Gasteiger partial charge >= 0.3 is 0 Å². The summed E-state index contributed by atoms with van der Waals surface area (Å²) in [5, 5.41) is 22.1. The Bertz CT molecular complexity index is 379. The zero-order valence-electron chi connectivity index (χ0n) is 7.14. The summed E-state index contributed by atoms with van der Waals surface area (Å²) in [6.07, 6.45) is 1.30. The summed E-state index contributed by atoms with van der Waals surface area (Å²) in [5.74, 6) is -0.440. The third kappa shape index (κ3) is 2.60. The molecular weight excluding hydrogens is 202 g/mol. The molecule has 5 N–H and O–H groups in total. The maximum absolute atomic E-state index is 9.33. The highest BCUT2D eigenvalue weighted by molar-refractivity contribution is 7.80. The van der Waals surface area contributed by atoms with E-state index in [1.54, 1.807) is 12.1 Å². The number of nitrogens with zero attached hydrogens (tertiary/aromatic N) is 1. The average molecular weight is 211 g/mol. The number of nitrogens with one attached hydrogen (secondary N) is 1. The molecule has 0 unspecified atom stereocenters. The van der Waals surface area contributed by atoms with E-state index in [0.29, 0.717) is 5.56 Å². The van der Waals surface area contributed by atoms with Crippen molar-refractivity contribution in [1.29, 1.82) is 0 Å². The third-order valence-electron chi connectivity index (χ3n) is 1.42. The van der Waals surface area contributed by atoms with E-state index in [4.69, 9.17) is 10.8 Å². The van der Waals surface area contributed by atoms with Gasteiger partial charge in [-0.1, -0.05) is 6.07 Å². The van der Waals surface area contributed by atoms with Crippen molar-refractivity contribution in [3.8, 4) is 11.5 Å². The van der Waals surface area contributed by atoms with Crippen LogP contribution < -0.4 is 11.2 Å². The van der Waals surface area contributed by atoms with Crippen LogP contribution >= 0.6 is 12.2 Å². The SMILES string of the molecule is NC(=S)N/N=C/c1cccc(O)c1O. The topological polar surface area (TPSA) is 90.9 Å². The molecule has 0 aliphatic rings. The van der Waals surface area contributed by atoms with Gasteiger partial charge in [0.05, 0.1) is 6.21 Å². The molecule has 0 radical (unpaired) electrons. The van der Waals surface area contributed by atoms with E-state index in [9.17, 15) is 5.11 Å². The maximum atomic E-state index is 9.33. The van der Waals surface area contributed by atoms with E-state index in [1.807, 2.05) is 0 Å². The first-order chi connectivity index (χ1) is 6.61. The second kappa shape index (κ2) is 4.43. The second-order valence-corrected chi connectivity index (χ2v) is 2.89. The smallest absolute Gasteiger partial charge is 0.184 e. The van der Waals surface area contributed by atoms with Crippen LogP contribution in [0.5, 0.6) is 11.5 Å². The summed E-state index contributed by atoms with van der Waals surface area (Å²) in [5.41, 5.74) is 7.82. The number of rotatable bonds is 2. The van der Waals surface area contributed by atoms with Crippen LogP contribution in [0.15, 0.2) is 23.3 Å². The Hall–Kier alpha value is -1.82. The van der Waals surface area contributed by atoms with Crippen molar-refractivity contribution in [2.45, 2.75) is 0 Å². The van der Waals surface area contributed by atoms with E-state index in [1.165, 1.54) is 12.3 Å².